The maximum absolute atomic E-state index is 11.8. The van der Waals surface area contributed by atoms with Gasteiger partial charge in [-0.15, -0.1) is 0 Å². The van der Waals surface area contributed by atoms with Crippen molar-refractivity contribution in [2.75, 3.05) is 13.2 Å². The molecule has 0 spiro atoms. The van der Waals surface area contributed by atoms with E-state index in [4.69, 9.17) is 10.5 Å². The van der Waals surface area contributed by atoms with E-state index in [-0.39, 0.29) is 12.1 Å². The summed E-state index contributed by atoms with van der Waals surface area (Å²) in [4.78, 5) is 11.8. The van der Waals surface area contributed by atoms with Crippen LogP contribution in [0.1, 0.15) is 51.4 Å². The predicted molar refractivity (Wildman–Crippen MR) is 105 cm³/mol. The molecule has 1 amide bonds. The van der Waals surface area contributed by atoms with Crippen molar-refractivity contribution >= 4 is 14.2 Å². The molecule has 4 nitrogen and oxygen atoms in total. The lowest BCUT2D eigenvalue weighted by Gasteiger charge is -2.57. The highest BCUT2D eigenvalue weighted by Gasteiger charge is 2.50. The van der Waals surface area contributed by atoms with Gasteiger partial charge in [-0.05, 0) is 80.6 Å². The molecule has 5 heteroatoms. The average Bonchev–Trinajstić information content (AvgIpc) is 2.43. The topological polar surface area (TPSA) is 64.3 Å². The van der Waals surface area contributed by atoms with Gasteiger partial charge in [0.2, 0.25) is 0 Å². The number of carbonyl (C=O) groups is 1. The third kappa shape index (κ3) is 5.46. The highest BCUT2D eigenvalue weighted by Crippen LogP contribution is 2.61. The van der Waals surface area contributed by atoms with Crippen LogP contribution < -0.4 is 11.1 Å². The Kier molecular flexibility index (Phi) is 5.84. The molecule has 144 valence electrons. The molecule has 0 unspecified atom stereocenters. The molecule has 0 saturated heterocycles. The first-order chi connectivity index (χ1) is 11.7. The van der Waals surface area contributed by atoms with Gasteiger partial charge in [0, 0.05) is 20.7 Å². The summed E-state index contributed by atoms with van der Waals surface area (Å²) < 4.78 is 5.33. The monoisotopic (exact) mass is 366 g/mol. The first kappa shape index (κ1) is 19.2. The molecule has 4 aliphatic rings. The van der Waals surface area contributed by atoms with Crippen LogP contribution in [0.3, 0.4) is 0 Å². The normalized spacial score (nSPS) is 34.8. The van der Waals surface area contributed by atoms with Crippen LogP contribution >= 0.6 is 0 Å². The van der Waals surface area contributed by atoms with Gasteiger partial charge in [-0.2, -0.15) is 0 Å². The molecule has 0 aromatic rings. The third-order valence-corrected chi connectivity index (χ3v) is 8.48. The van der Waals surface area contributed by atoms with E-state index >= 15 is 0 Å². The van der Waals surface area contributed by atoms with Crippen molar-refractivity contribution in [3.63, 3.8) is 0 Å². The number of ether oxygens (including phenoxy) is 1. The number of hydrogen-bond acceptors (Lipinski definition) is 3. The van der Waals surface area contributed by atoms with E-state index in [2.05, 4.69) is 25.0 Å². The summed E-state index contributed by atoms with van der Waals surface area (Å²) in [7, 11) is -1.10. The molecule has 0 heterocycles. The minimum absolute atomic E-state index is 0.172. The van der Waals surface area contributed by atoms with Crippen molar-refractivity contribution in [2.45, 2.75) is 83.1 Å². The first-order valence-corrected chi connectivity index (χ1v) is 14.1. The van der Waals surface area contributed by atoms with Crippen LogP contribution in [0.25, 0.3) is 0 Å². The lowest BCUT2D eigenvalue weighted by Crippen LogP contribution is -2.48. The largest absolute Gasteiger partial charge is 0.450 e. The van der Waals surface area contributed by atoms with Gasteiger partial charge in [-0.1, -0.05) is 19.6 Å². The number of rotatable bonds is 8. The van der Waals surface area contributed by atoms with Gasteiger partial charge in [0.15, 0.2) is 0 Å². The second kappa shape index (κ2) is 7.59. The quantitative estimate of drug-likeness (QED) is 0.627. The Morgan fingerprint density at radius 1 is 1.16 bits per heavy atom. The molecule has 4 fully saturated rings. The van der Waals surface area contributed by atoms with Gasteiger partial charge in [0.1, 0.15) is 0 Å². The SMILES string of the molecule is C[Si](C)(C)CCNC(=O)OCC[C@@H](N)CC12CC3CC(CC(C3)C1)C2. The summed E-state index contributed by atoms with van der Waals surface area (Å²) in [6, 6.07) is 1.26. The fourth-order valence-electron chi connectivity index (χ4n) is 6.09. The Balaban J connectivity index is 1.33. The zero-order chi connectivity index (χ0) is 18.1. The van der Waals surface area contributed by atoms with Crippen LogP contribution in [0.2, 0.25) is 25.7 Å². The highest BCUT2D eigenvalue weighted by molar-refractivity contribution is 6.76. The van der Waals surface area contributed by atoms with Gasteiger partial charge >= 0.3 is 6.09 Å². The van der Waals surface area contributed by atoms with Gasteiger partial charge in [-0.3, -0.25) is 0 Å². The Bertz CT molecular complexity index is 440. The fourth-order valence-corrected chi connectivity index (χ4v) is 6.97. The summed E-state index contributed by atoms with van der Waals surface area (Å²) in [6.45, 7) is 8.11. The van der Waals surface area contributed by atoms with E-state index in [0.29, 0.717) is 12.0 Å². The van der Waals surface area contributed by atoms with Crippen molar-refractivity contribution in [2.24, 2.45) is 28.9 Å². The summed E-state index contributed by atoms with van der Waals surface area (Å²) in [6.07, 6.45) is 10.3. The average molecular weight is 367 g/mol. The molecule has 4 aliphatic carbocycles. The van der Waals surface area contributed by atoms with Crippen LogP contribution in [0.15, 0.2) is 0 Å². The van der Waals surface area contributed by atoms with Crippen LogP contribution in [-0.4, -0.2) is 33.4 Å². The van der Waals surface area contributed by atoms with Crippen LogP contribution in [0.5, 0.6) is 0 Å². The molecule has 4 saturated carbocycles. The van der Waals surface area contributed by atoms with Crippen molar-refractivity contribution in [3.8, 4) is 0 Å². The Labute approximate surface area is 154 Å². The highest BCUT2D eigenvalue weighted by atomic mass is 28.3. The molecular formula is C20H38N2O2Si. The van der Waals surface area contributed by atoms with Gasteiger partial charge in [0.05, 0.1) is 6.61 Å². The zero-order valence-corrected chi connectivity index (χ0v) is 17.5. The van der Waals surface area contributed by atoms with Crippen LogP contribution in [0, 0.1) is 23.2 Å². The predicted octanol–water partition coefficient (Wildman–Crippen LogP) is 4.37. The smallest absolute Gasteiger partial charge is 0.407 e. The van der Waals surface area contributed by atoms with E-state index in [9.17, 15) is 4.79 Å². The lowest BCUT2D eigenvalue weighted by atomic mass is 9.48. The van der Waals surface area contributed by atoms with Crippen molar-refractivity contribution in [3.05, 3.63) is 0 Å². The summed E-state index contributed by atoms with van der Waals surface area (Å²) in [5.74, 6) is 2.94. The molecule has 4 bridgehead atoms. The Morgan fingerprint density at radius 2 is 1.72 bits per heavy atom. The van der Waals surface area contributed by atoms with Crippen molar-refractivity contribution in [1.29, 1.82) is 0 Å². The summed E-state index contributed by atoms with van der Waals surface area (Å²) in [5, 5.41) is 2.87. The van der Waals surface area contributed by atoms with E-state index in [1.54, 1.807) is 0 Å². The molecule has 4 rings (SSSR count). The minimum Gasteiger partial charge on any atom is -0.450 e. The second-order valence-electron chi connectivity index (χ2n) is 10.5. The summed E-state index contributed by atoms with van der Waals surface area (Å²) >= 11 is 0. The second-order valence-corrected chi connectivity index (χ2v) is 16.2. The maximum atomic E-state index is 11.8. The van der Waals surface area contributed by atoms with Crippen LogP contribution in [0.4, 0.5) is 4.79 Å². The van der Waals surface area contributed by atoms with E-state index in [1.807, 2.05) is 0 Å². The standard InChI is InChI=1S/C20H38N2O2Si/c1-25(2,3)7-5-22-19(23)24-6-4-18(21)14-20-11-15-8-16(12-20)10-17(9-15)13-20/h15-18H,4-14,21H2,1-3H3,(H,22,23)/t15?,16?,17?,18-,20?/m1/s1. The van der Waals surface area contributed by atoms with Crippen molar-refractivity contribution in [1.82, 2.24) is 5.32 Å². The molecule has 0 aliphatic heterocycles. The maximum Gasteiger partial charge on any atom is 0.407 e. The molecule has 1 atom stereocenters. The number of hydrogen-bond donors (Lipinski definition) is 2. The number of alkyl carbamates (subject to hydrolysis) is 1. The number of amides is 1. The zero-order valence-electron chi connectivity index (χ0n) is 16.5. The Morgan fingerprint density at radius 3 is 2.24 bits per heavy atom. The molecule has 0 radical (unpaired) electrons. The third-order valence-electron chi connectivity index (χ3n) is 6.73. The lowest BCUT2D eigenvalue weighted by molar-refractivity contribution is -0.0610. The number of nitrogens with one attached hydrogen (secondary N) is 1. The molecule has 0 aromatic heterocycles. The molecular weight excluding hydrogens is 328 g/mol. The van der Waals surface area contributed by atoms with E-state index < -0.39 is 8.07 Å². The number of carbonyl (C=O) groups excluding carboxylic acids is 1. The molecule has 3 N–H and O–H groups in total. The number of nitrogens with two attached hydrogens (primary N) is 1. The molecule has 0 aromatic carbocycles. The van der Waals surface area contributed by atoms with Gasteiger partial charge in [-0.25, -0.2) is 4.79 Å². The van der Waals surface area contributed by atoms with Crippen LogP contribution in [-0.2, 0) is 4.74 Å². The van der Waals surface area contributed by atoms with E-state index in [0.717, 1.165) is 43.2 Å². The minimum atomic E-state index is -1.10. The Hall–Kier alpha value is -0.553. The van der Waals surface area contributed by atoms with Gasteiger partial charge in [0.25, 0.3) is 0 Å². The summed E-state index contributed by atoms with van der Waals surface area (Å²) in [5.41, 5.74) is 6.95. The first-order valence-electron chi connectivity index (χ1n) is 10.4. The fraction of sp³-hybridized carbons (Fsp3) is 0.950. The van der Waals surface area contributed by atoms with Crippen molar-refractivity contribution < 1.29 is 9.53 Å². The van der Waals surface area contributed by atoms with Gasteiger partial charge < -0.3 is 15.8 Å². The molecule has 25 heavy (non-hydrogen) atoms. The van der Waals surface area contributed by atoms with E-state index in [1.165, 1.54) is 38.5 Å².